The highest BCUT2D eigenvalue weighted by Gasteiger charge is 2.21. The minimum absolute atomic E-state index is 0.162. The third-order valence-corrected chi connectivity index (χ3v) is 2.67. The fourth-order valence-corrected chi connectivity index (χ4v) is 1.83. The first kappa shape index (κ1) is 9.16. The van der Waals surface area contributed by atoms with E-state index < -0.39 is 0 Å². The fourth-order valence-electron chi connectivity index (χ4n) is 1.83. The maximum absolute atomic E-state index is 9.33. The SMILES string of the molecule is N#Cc1cn(C2CCC(O)CC2)nn1. The molecule has 1 fully saturated rings. The number of nitriles is 1. The lowest BCUT2D eigenvalue weighted by Crippen LogP contribution is -2.21. The summed E-state index contributed by atoms with van der Waals surface area (Å²) in [6, 6.07) is 2.25. The minimum Gasteiger partial charge on any atom is -0.393 e. The van der Waals surface area contributed by atoms with Gasteiger partial charge in [0.15, 0.2) is 5.69 Å². The van der Waals surface area contributed by atoms with Gasteiger partial charge in [0.05, 0.1) is 18.3 Å². The molecule has 14 heavy (non-hydrogen) atoms. The van der Waals surface area contributed by atoms with Gasteiger partial charge in [0, 0.05) is 0 Å². The number of rotatable bonds is 1. The molecule has 1 heterocycles. The van der Waals surface area contributed by atoms with Gasteiger partial charge in [-0.05, 0) is 25.7 Å². The molecule has 74 valence electrons. The molecule has 1 aliphatic carbocycles. The highest BCUT2D eigenvalue weighted by atomic mass is 16.3. The largest absolute Gasteiger partial charge is 0.393 e. The number of nitrogens with zero attached hydrogens (tertiary/aromatic N) is 4. The Hall–Kier alpha value is -1.41. The third kappa shape index (κ3) is 1.75. The molecule has 1 aliphatic rings. The summed E-state index contributed by atoms with van der Waals surface area (Å²) >= 11 is 0. The summed E-state index contributed by atoms with van der Waals surface area (Å²) in [5.74, 6) is 0. The molecule has 0 aliphatic heterocycles. The molecular formula is C9H12N4O. The quantitative estimate of drug-likeness (QED) is 0.708. The van der Waals surface area contributed by atoms with E-state index in [1.54, 1.807) is 10.9 Å². The molecule has 5 nitrogen and oxygen atoms in total. The molecule has 1 saturated carbocycles. The van der Waals surface area contributed by atoms with Crippen molar-refractivity contribution in [3.8, 4) is 6.07 Å². The topological polar surface area (TPSA) is 74.7 Å². The van der Waals surface area contributed by atoms with E-state index in [4.69, 9.17) is 5.26 Å². The van der Waals surface area contributed by atoms with Crippen LogP contribution >= 0.6 is 0 Å². The number of aromatic nitrogens is 3. The number of aliphatic hydroxyl groups is 1. The highest BCUT2D eigenvalue weighted by Crippen LogP contribution is 2.27. The van der Waals surface area contributed by atoms with Gasteiger partial charge in [0.2, 0.25) is 0 Å². The van der Waals surface area contributed by atoms with Gasteiger partial charge >= 0.3 is 0 Å². The first-order chi connectivity index (χ1) is 6.79. The van der Waals surface area contributed by atoms with Crippen LogP contribution in [0.4, 0.5) is 0 Å². The lowest BCUT2D eigenvalue weighted by Gasteiger charge is -2.24. The molecule has 0 spiro atoms. The van der Waals surface area contributed by atoms with Crippen molar-refractivity contribution in [2.24, 2.45) is 0 Å². The molecule has 0 unspecified atom stereocenters. The maximum atomic E-state index is 9.33. The van der Waals surface area contributed by atoms with Gasteiger partial charge in [-0.15, -0.1) is 5.10 Å². The Labute approximate surface area is 82.0 Å². The van der Waals surface area contributed by atoms with Crippen molar-refractivity contribution in [2.45, 2.75) is 37.8 Å². The fraction of sp³-hybridized carbons (Fsp3) is 0.667. The van der Waals surface area contributed by atoms with Crippen molar-refractivity contribution in [2.75, 3.05) is 0 Å². The first-order valence-corrected chi connectivity index (χ1v) is 4.79. The smallest absolute Gasteiger partial charge is 0.182 e. The van der Waals surface area contributed by atoms with E-state index >= 15 is 0 Å². The minimum atomic E-state index is -0.162. The van der Waals surface area contributed by atoms with Crippen LogP contribution in [-0.2, 0) is 0 Å². The van der Waals surface area contributed by atoms with Crippen LogP contribution in [0.15, 0.2) is 6.20 Å². The number of hydrogen-bond donors (Lipinski definition) is 1. The lowest BCUT2D eigenvalue weighted by molar-refractivity contribution is 0.107. The summed E-state index contributed by atoms with van der Waals surface area (Å²) in [5, 5.41) is 25.5. The van der Waals surface area contributed by atoms with Crippen LogP contribution in [0, 0.1) is 11.3 Å². The Morgan fingerprint density at radius 1 is 1.43 bits per heavy atom. The van der Waals surface area contributed by atoms with E-state index in [2.05, 4.69) is 10.3 Å². The van der Waals surface area contributed by atoms with Crippen molar-refractivity contribution in [3.05, 3.63) is 11.9 Å². The predicted molar refractivity (Wildman–Crippen MR) is 48.2 cm³/mol. The van der Waals surface area contributed by atoms with Crippen LogP contribution in [0.3, 0.4) is 0 Å². The van der Waals surface area contributed by atoms with E-state index in [0.29, 0.717) is 11.7 Å². The normalized spacial score (nSPS) is 27.1. The van der Waals surface area contributed by atoms with Crippen LogP contribution in [0.5, 0.6) is 0 Å². The van der Waals surface area contributed by atoms with Gasteiger partial charge in [0.1, 0.15) is 6.07 Å². The van der Waals surface area contributed by atoms with Gasteiger partial charge in [0.25, 0.3) is 0 Å². The van der Waals surface area contributed by atoms with Crippen LogP contribution < -0.4 is 0 Å². The number of hydrogen-bond acceptors (Lipinski definition) is 4. The molecule has 0 radical (unpaired) electrons. The van der Waals surface area contributed by atoms with Crippen molar-refractivity contribution in [1.82, 2.24) is 15.0 Å². The van der Waals surface area contributed by atoms with E-state index in [1.165, 1.54) is 0 Å². The average Bonchev–Trinajstić information content (AvgIpc) is 2.67. The second kappa shape index (κ2) is 3.76. The molecule has 0 atom stereocenters. The summed E-state index contributed by atoms with van der Waals surface area (Å²) in [7, 11) is 0. The Kier molecular flexibility index (Phi) is 2.46. The molecule has 0 aromatic carbocycles. The zero-order valence-corrected chi connectivity index (χ0v) is 7.80. The zero-order chi connectivity index (χ0) is 9.97. The van der Waals surface area contributed by atoms with Crippen molar-refractivity contribution >= 4 is 0 Å². The van der Waals surface area contributed by atoms with Crippen molar-refractivity contribution < 1.29 is 5.11 Å². The van der Waals surface area contributed by atoms with Crippen LogP contribution in [0.25, 0.3) is 0 Å². The standard InChI is InChI=1S/C9H12N4O/c10-5-7-6-13(12-11-7)8-1-3-9(14)4-2-8/h6,8-9,14H,1-4H2. The Morgan fingerprint density at radius 2 is 2.14 bits per heavy atom. The van der Waals surface area contributed by atoms with Gasteiger partial charge in [-0.25, -0.2) is 4.68 Å². The second-order valence-electron chi connectivity index (χ2n) is 3.66. The highest BCUT2D eigenvalue weighted by molar-refractivity contribution is 5.13. The molecule has 0 bridgehead atoms. The van der Waals surface area contributed by atoms with Gasteiger partial charge in [-0.1, -0.05) is 5.21 Å². The Morgan fingerprint density at radius 3 is 2.71 bits per heavy atom. The van der Waals surface area contributed by atoms with E-state index in [9.17, 15) is 5.11 Å². The van der Waals surface area contributed by atoms with E-state index in [-0.39, 0.29) is 6.10 Å². The van der Waals surface area contributed by atoms with Crippen LogP contribution in [-0.4, -0.2) is 26.2 Å². The first-order valence-electron chi connectivity index (χ1n) is 4.79. The van der Waals surface area contributed by atoms with Crippen LogP contribution in [0.2, 0.25) is 0 Å². The molecular weight excluding hydrogens is 180 g/mol. The summed E-state index contributed by atoms with van der Waals surface area (Å²) in [4.78, 5) is 0. The molecule has 1 aromatic rings. The van der Waals surface area contributed by atoms with Crippen molar-refractivity contribution in [1.29, 1.82) is 5.26 Å². The summed E-state index contributed by atoms with van der Waals surface area (Å²) in [5.41, 5.74) is 0.358. The zero-order valence-electron chi connectivity index (χ0n) is 7.80. The number of aliphatic hydroxyl groups excluding tert-OH is 1. The average molecular weight is 192 g/mol. The van der Waals surface area contributed by atoms with Crippen LogP contribution in [0.1, 0.15) is 37.4 Å². The van der Waals surface area contributed by atoms with Crippen molar-refractivity contribution in [3.63, 3.8) is 0 Å². The third-order valence-electron chi connectivity index (χ3n) is 2.67. The maximum Gasteiger partial charge on any atom is 0.182 e. The van der Waals surface area contributed by atoms with Gasteiger partial charge < -0.3 is 5.11 Å². The second-order valence-corrected chi connectivity index (χ2v) is 3.66. The molecule has 2 rings (SSSR count). The van der Waals surface area contributed by atoms with Gasteiger partial charge in [-0.3, -0.25) is 0 Å². The molecule has 1 N–H and O–H groups in total. The van der Waals surface area contributed by atoms with E-state index in [0.717, 1.165) is 25.7 Å². The summed E-state index contributed by atoms with van der Waals surface area (Å²) in [6.45, 7) is 0. The monoisotopic (exact) mass is 192 g/mol. The molecule has 0 amide bonds. The molecule has 5 heteroatoms. The Balaban J connectivity index is 2.05. The summed E-state index contributed by atoms with van der Waals surface area (Å²) < 4.78 is 1.74. The van der Waals surface area contributed by atoms with E-state index in [1.807, 2.05) is 6.07 Å². The predicted octanol–water partition coefficient (Wildman–Crippen LogP) is 0.626. The van der Waals surface area contributed by atoms with Gasteiger partial charge in [-0.2, -0.15) is 5.26 Å². The Bertz CT molecular complexity index is 346. The lowest BCUT2D eigenvalue weighted by atomic mass is 9.93. The molecule has 1 aromatic heterocycles. The summed E-state index contributed by atoms with van der Waals surface area (Å²) in [6.07, 6.45) is 4.96. The molecule has 0 saturated heterocycles.